The van der Waals surface area contributed by atoms with Crippen molar-refractivity contribution in [1.82, 2.24) is 10.2 Å². The van der Waals surface area contributed by atoms with Gasteiger partial charge in [-0.25, -0.2) is 14.4 Å². The highest BCUT2D eigenvalue weighted by molar-refractivity contribution is 6.13. The summed E-state index contributed by atoms with van der Waals surface area (Å²) in [6.07, 6.45) is 3.03. The molecule has 1 saturated heterocycles. The van der Waals surface area contributed by atoms with Gasteiger partial charge in [-0.15, -0.1) is 0 Å². The van der Waals surface area contributed by atoms with E-state index in [-0.39, 0.29) is 11.7 Å². The summed E-state index contributed by atoms with van der Waals surface area (Å²) >= 11 is 0. The second kappa shape index (κ2) is 14.7. The third-order valence-corrected chi connectivity index (χ3v) is 7.86. The summed E-state index contributed by atoms with van der Waals surface area (Å²) in [6, 6.07) is 13.9. The predicted octanol–water partition coefficient (Wildman–Crippen LogP) is 4.31. The van der Waals surface area contributed by atoms with Crippen LogP contribution in [-0.2, 0) is 19.1 Å². The Kier molecular flexibility index (Phi) is 10.8. The van der Waals surface area contributed by atoms with Gasteiger partial charge in [-0.2, -0.15) is 0 Å². The number of nitrogens with zero attached hydrogens (tertiary/aromatic N) is 3. The molecule has 0 aliphatic carbocycles. The highest BCUT2D eigenvalue weighted by Gasteiger charge is 2.39. The van der Waals surface area contributed by atoms with E-state index in [0.29, 0.717) is 35.2 Å². The van der Waals surface area contributed by atoms with Crippen molar-refractivity contribution in [3.63, 3.8) is 0 Å². The van der Waals surface area contributed by atoms with Gasteiger partial charge in [0, 0.05) is 23.6 Å². The molecule has 0 spiro atoms. The quantitative estimate of drug-likeness (QED) is 0.310. The molecule has 0 saturated carbocycles. The van der Waals surface area contributed by atoms with Gasteiger partial charge in [-0.3, -0.25) is 4.99 Å². The van der Waals surface area contributed by atoms with Crippen molar-refractivity contribution in [3.05, 3.63) is 65.5 Å². The van der Waals surface area contributed by atoms with Gasteiger partial charge in [-0.1, -0.05) is 18.2 Å². The van der Waals surface area contributed by atoms with Crippen molar-refractivity contribution in [1.29, 1.82) is 0 Å². The highest BCUT2D eigenvalue weighted by Crippen LogP contribution is 2.32. The fourth-order valence-electron chi connectivity index (χ4n) is 5.68. The number of carbonyl (C=O) groups excluding carboxylic acids is 3. The van der Waals surface area contributed by atoms with Gasteiger partial charge < -0.3 is 34.6 Å². The van der Waals surface area contributed by atoms with E-state index in [4.69, 9.17) is 14.2 Å². The van der Waals surface area contributed by atoms with E-state index in [0.717, 1.165) is 44.6 Å². The van der Waals surface area contributed by atoms with Gasteiger partial charge in [0.25, 0.3) is 0 Å². The summed E-state index contributed by atoms with van der Waals surface area (Å²) in [4.78, 5) is 46.5. The van der Waals surface area contributed by atoms with Crippen LogP contribution in [0.4, 0.5) is 16.2 Å². The minimum Gasteiger partial charge on any atom is -0.497 e. The van der Waals surface area contributed by atoms with Crippen molar-refractivity contribution in [2.45, 2.75) is 45.1 Å². The Morgan fingerprint density at radius 2 is 1.72 bits per heavy atom. The number of nitrogens with one attached hydrogen (secondary N) is 2. The zero-order valence-electron chi connectivity index (χ0n) is 25.5. The molecular formula is C32H41N5O6. The Morgan fingerprint density at radius 3 is 2.42 bits per heavy atom. The molecule has 2 amide bonds. The number of aliphatic imine (C=N–C) groups is 1. The van der Waals surface area contributed by atoms with Gasteiger partial charge >= 0.3 is 18.0 Å². The minimum absolute atomic E-state index is 0.123. The Morgan fingerprint density at radius 1 is 0.977 bits per heavy atom. The van der Waals surface area contributed by atoms with E-state index in [1.807, 2.05) is 12.1 Å². The molecule has 1 unspecified atom stereocenters. The van der Waals surface area contributed by atoms with Crippen LogP contribution in [0.2, 0.25) is 0 Å². The van der Waals surface area contributed by atoms with Crippen molar-refractivity contribution in [2.24, 2.45) is 4.99 Å². The third-order valence-electron chi connectivity index (χ3n) is 7.86. The number of hydrogen-bond donors (Lipinski definition) is 2. The van der Waals surface area contributed by atoms with E-state index in [1.165, 1.54) is 24.7 Å². The Balaban J connectivity index is 1.30. The first-order valence-corrected chi connectivity index (χ1v) is 14.5. The van der Waals surface area contributed by atoms with Gasteiger partial charge in [0.1, 0.15) is 5.75 Å². The number of ether oxygens (including phenoxy) is 3. The van der Waals surface area contributed by atoms with Crippen LogP contribution in [0, 0.1) is 0 Å². The first-order chi connectivity index (χ1) is 20.7. The molecule has 2 aromatic carbocycles. The number of methoxy groups -OCH3 is 3. The number of piperidine rings is 1. The van der Waals surface area contributed by atoms with E-state index in [9.17, 15) is 14.4 Å². The van der Waals surface area contributed by atoms with Crippen molar-refractivity contribution in [2.75, 3.05) is 57.7 Å². The number of amides is 2. The predicted molar refractivity (Wildman–Crippen MR) is 166 cm³/mol. The number of carbonyl (C=O) groups is 3. The molecular weight excluding hydrogens is 550 g/mol. The number of urea groups is 1. The Bertz CT molecular complexity index is 1380. The standard InChI is InChI=1S/C32H41N5O6/c1-21-28(30(38)42-4)37(29(22(2)34-21)31(39)43-5)26-11-7-10-25(20-26)35-32(40)33-15-8-16-36-17-13-23(14-18-36)24-9-6-12-27(19-24)41-3/h6-7,9-12,19-20,23,28H,8,13-18H2,1-5H3,(H2,33,35,40). The summed E-state index contributed by atoms with van der Waals surface area (Å²) in [5.41, 5.74) is 3.33. The van der Waals surface area contributed by atoms with E-state index < -0.39 is 18.0 Å². The molecule has 1 atom stereocenters. The maximum absolute atomic E-state index is 12.7. The first kappa shape index (κ1) is 31.6. The molecule has 2 aromatic rings. The van der Waals surface area contributed by atoms with Gasteiger partial charge in [0.15, 0.2) is 11.7 Å². The van der Waals surface area contributed by atoms with Crippen LogP contribution < -0.4 is 20.3 Å². The lowest BCUT2D eigenvalue weighted by Gasteiger charge is -2.36. The average molecular weight is 592 g/mol. The molecule has 2 aliphatic heterocycles. The number of hydrogen-bond acceptors (Lipinski definition) is 9. The number of rotatable bonds is 10. The lowest BCUT2D eigenvalue weighted by Crippen LogP contribution is -2.50. The van der Waals surface area contributed by atoms with Crippen LogP contribution in [0.15, 0.2) is 64.9 Å². The summed E-state index contributed by atoms with van der Waals surface area (Å²) in [5.74, 6) is 0.229. The van der Waals surface area contributed by atoms with Crippen LogP contribution in [0.25, 0.3) is 0 Å². The first-order valence-electron chi connectivity index (χ1n) is 14.5. The molecule has 1 fully saturated rings. The van der Waals surface area contributed by atoms with E-state index in [2.05, 4.69) is 32.7 Å². The Hall–Kier alpha value is -4.38. The van der Waals surface area contributed by atoms with Crippen LogP contribution in [-0.4, -0.2) is 82.1 Å². The van der Waals surface area contributed by atoms with Crippen LogP contribution in [0.5, 0.6) is 5.75 Å². The van der Waals surface area contributed by atoms with Crippen molar-refractivity contribution < 1.29 is 28.6 Å². The summed E-state index contributed by atoms with van der Waals surface area (Å²) in [6.45, 7) is 6.86. The number of esters is 2. The zero-order chi connectivity index (χ0) is 30.9. The van der Waals surface area contributed by atoms with Crippen LogP contribution in [0.3, 0.4) is 0 Å². The molecule has 43 heavy (non-hydrogen) atoms. The van der Waals surface area contributed by atoms with Gasteiger partial charge in [0.05, 0.1) is 27.0 Å². The summed E-state index contributed by atoms with van der Waals surface area (Å²) < 4.78 is 15.4. The molecule has 2 N–H and O–H groups in total. The average Bonchev–Trinajstić information content (AvgIpc) is 3.02. The lowest BCUT2D eigenvalue weighted by molar-refractivity contribution is -0.140. The largest absolute Gasteiger partial charge is 0.497 e. The number of benzene rings is 2. The van der Waals surface area contributed by atoms with Crippen molar-refractivity contribution in [3.8, 4) is 5.75 Å². The molecule has 2 aliphatic rings. The highest BCUT2D eigenvalue weighted by atomic mass is 16.5. The molecule has 2 heterocycles. The molecule has 0 bridgehead atoms. The smallest absolute Gasteiger partial charge is 0.356 e. The van der Waals surface area contributed by atoms with E-state index >= 15 is 0 Å². The summed E-state index contributed by atoms with van der Waals surface area (Å²) in [5, 5.41) is 5.77. The number of allylic oxidation sites excluding steroid dienone is 1. The maximum atomic E-state index is 12.7. The summed E-state index contributed by atoms with van der Waals surface area (Å²) in [7, 11) is 4.25. The van der Waals surface area contributed by atoms with Crippen molar-refractivity contribution >= 4 is 35.1 Å². The van der Waals surface area contributed by atoms with Crippen LogP contribution >= 0.6 is 0 Å². The molecule has 4 rings (SSSR count). The minimum atomic E-state index is -0.965. The zero-order valence-corrected chi connectivity index (χ0v) is 25.5. The molecule has 11 heteroatoms. The lowest BCUT2D eigenvalue weighted by atomic mass is 9.89. The normalized spacial score (nSPS) is 17.7. The monoisotopic (exact) mass is 591 g/mol. The van der Waals surface area contributed by atoms with Crippen LogP contribution in [0.1, 0.15) is 44.6 Å². The van der Waals surface area contributed by atoms with Gasteiger partial charge in [0.2, 0.25) is 0 Å². The van der Waals surface area contributed by atoms with Gasteiger partial charge in [-0.05, 0) is 94.6 Å². The third kappa shape index (κ3) is 7.72. The molecule has 11 nitrogen and oxygen atoms in total. The fourth-order valence-corrected chi connectivity index (χ4v) is 5.68. The molecule has 0 aromatic heterocycles. The maximum Gasteiger partial charge on any atom is 0.356 e. The number of anilines is 2. The second-order valence-electron chi connectivity index (χ2n) is 10.7. The number of likely N-dealkylation sites (tertiary alicyclic amines) is 1. The Labute approximate surface area is 252 Å². The van der Waals surface area contributed by atoms with E-state index in [1.54, 1.807) is 45.2 Å². The SMILES string of the molecule is COC(=O)C1=C(C)N=C(C)C(C(=O)OC)N1c1cccc(NC(=O)NCCCN2CCC(c3cccc(OC)c3)CC2)c1. The second-order valence-corrected chi connectivity index (χ2v) is 10.7. The molecule has 230 valence electrons. The molecule has 0 radical (unpaired) electrons. The topological polar surface area (TPSA) is 122 Å². The fraction of sp³-hybridized carbons (Fsp3) is 0.438.